The fourth-order valence-corrected chi connectivity index (χ4v) is 5.39. The second-order valence-electron chi connectivity index (χ2n) is 7.78. The van der Waals surface area contributed by atoms with Crippen LogP contribution in [0.3, 0.4) is 0 Å². The molecule has 0 aromatic carbocycles. The number of amides is 2. The fourth-order valence-electron chi connectivity index (χ4n) is 2.95. The Balaban J connectivity index is 1.79. The van der Waals surface area contributed by atoms with Crippen molar-refractivity contribution in [1.29, 1.82) is 0 Å². The van der Waals surface area contributed by atoms with Gasteiger partial charge in [-0.1, -0.05) is 6.92 Å². The summed E-state index contributed by atoms with van der Waals surface area (Å²) in [4.78, 5) is 27.3. The molecule has 0 atom stereocenters. The van der Waals surface area contributed by atoms with Crippen LogP contribution in [-0.4, -0.2) is 96.1 Å². The Kier molecular flexibility index (Phi) is 7.43. The van der Waals surface area contributed by atoms with Gasteiger partial charge in [0, 0.05) is 51.4 Å². The second kappa shape index (κ2) is 9.00. The molecule has 2 aliphatic rings. The van der Waals surface area contributed by atoms with Gasteiger partial charge in [-0.25, -0.2) is 13.2 Å². The summed E-state index contributed by atoms with van der Waals surface area (Å²) in [5, 5.41) is -0.534. The van der Waals surface area contributed by atoms with E-state index in [9.17, 15) is 18.0 Å². The van der Waals surface area contributed by atoms with E-state index >= 15 is 0 Å². The number of hydrogen-bond donors (Lipinski definition) is 0. The average molecular weight is 422 g/mol. The molecule has 27 heavy (non-hydrogen) atoms. The molecule has 0 unspecified atom stereocenters. The minimum Gasteiger partial charge on any atom is -0.444 e. The largest absolute Gasteiger partial charge is 0.444 e. The van der Waals surface area contributed by atoms with E-state index in [0.29, 0.717) is 19.5 Å². The molecule has 2 saturated heterocycles. The summed E-state index contributed by atoms with van der Waals surface area (Å²) < 4.78 is 32.3. The molecule has 0 saturated carbocycles. The summed E-state index contributed by atoms with van der Waals surface area (Å²) in [5.74, 6) is 1.77. The first kappa shape index (κ1) is 22.3. The van der Waals surface area contributed by atoms with Crippen LogP contribution in [0.5, 0.6) is 0 Å². The highest BCUT2D eigenvalue weighted by Gasteiger charge is 2.43. The molecule has 0 radical (unpaired) electrons. The highest BCUT2D eigenvalue weighted by atomic mass is 32.2. The average Bonchev–Trinajstić information content (AvgIpc) is 2.52. The molecular formula is C17H31N3O5S2. The van der Waals surface area contributed by atoms with Crippen molar-refractivity contribution in [3.05, 3.63) is 0 Å². The van der Waals surface area contributed by atoms with Crippen molar-refractivity contribution >= 4 is 33.8 Å². The van der Waals surface area contributed by atoms with Gasteiger partial charge >= 0.3 is 6.09 Å². The van der Waals surface area contributed by atoms with E-state index in [4.69, 9.17) is 4.74 Å². The maximum atomic E-state index is 12.8. The maximum Gasteiger partial charge on any atom is 0.410 e. The smallest absolute Gasteiger partial charge is 0.410 e. The van der Waals surface area contributed by atoms with Crippen LogP contribution >= 0.6 is 11.8 Å². The highest BCUT2D eigenvalue weighted by molar-refractivity contribution is 7.99. The van der Waals surface area contributed by atoms with E-state index in [1.54, 1.807) is 42.3 Å². The third-order valence-electron chi connectivity index (χ3n) is 4.54. The lowest BCUT2D eigenvalue weighted by atomic mass is 10.2. The molecular weight excluding hydrogens is 390 g/mol. The molecule has 2 fully saturated rings. The van der Waals surface area contributed by atoms with Gasteiger partial charge < -0.3 is 14.5 Å². The molecule has 0 spiro atoms. The monoisotopic (exact) mass is 421 g/mol. The molecule has 2 aliphatic heterocycles. The van der Waals surface area contributed by atoms with Gasteiger partial charge in [0.25, 0.3) is 0 Å². The van der Waals surface area contributed by atoms with Crippen molar-refractivity contribution in [2.75, 3.05) is 50.8 Å². The van der Waals surface area contributed by atoms with Gasteiger partial charge in [0.2, 0.25) is 15.9 Å². The van der Waals surface area contributed by atoms with E-state index in [0.717, 1.165) is 11.5 Å². The lowest BCUT2D eigenvalue weighted by Gasteiger charge is -2.42. The van der Waals surface area contributed by atoms with Crippen LogP contribution in [-0.2, 0) is 19.6 Å². The topological polar surface area (TPSA) is 87.2 Å². The van der Waals surface area contributed by atoms with Gasteiger partial charge in [0.05, 0.1) is 0 Å². The third kappa shape index (κ3) is 5.99. The van der Waals surface area contributed by atoms with Crippen LogP contribution in [0.25, 0.3) is 0 Å². The SMILES string of the molecule is CCSCCC(=O)N1CC(S(=O)(=O)N2CCN(C(=O)OC(C)(C)C)CC2)C1. The Morgan fingerprint density at radius 3 is 2.19 bits per heavy atom. The molecule has 0 aromatic heterocycles. The first-order chi connectivity index (χ1) is 12.5. The number of sulfonamides is 1. The Hall–Kier alpha value is -1.00. The van der Waals surface area contributed by atoms with Crippen LogP contribution in [0.15, 0.2) is 0 Å². The van der Waals surface area contributed by atoms with Crippen LogP contribution < -0.4 is 0 Å². The number of thioether (sulfide) groups is 1. The fraction of sp³-hybridized carbons (Fsp3) is 0.882. The van der Waals surface area contributed by atoms with Crippen LogP contribution in [0.1, 0.15) is 34.1 Å². The zero-order valence-corrected chi connectivity index (χ0v) is 18.3. The van der Waals surface area contributed by atoms with Crippen molar-refractivity contribution in [2.45, 2.75) is 45.0 Å². The van der Waals surface area contributed by atoms with Crippen molar-refractivity contribution in [3.8, 4) is 0 Å². The van der Waals surface area contributed by atoms with E-state index in [2.05, 4.69) is 0 Å². The normalized spacial score (nSPS) is 19.7. The minimum absolute atomic E-state index is 0.0251. The number of carbonyl (C=O) groups excluding carboxylic acids is 2. The second-order valence-corrected chi connectivity index (χ2v) is 11.4. The predicted octanol–water partition coefficient (Wildman–Crippen LogP) is 1.22. The molecule has 10 heteroatoms. The van der Waals surface area contributed by atoms with Crippen molar-refractivity contribution in [3.63, 3.8) is 0 Å². The highest BCUT2D eigenvalue weighted by Crippen LogP contribution is 2.23. The lowest BCUT2D eigenvalue weighted by molar-refractivity contribution is -0.133. The van der Waals surface area contributed by atoms with E-state index in [-0.39, 0.29) is 32.1 Å². The van der Waals surface area contributed by atoms with Crippen LogP contribution in [0, 0.1) is 0 Å². The van der Waals surface area contributed by atoms with Crippen molar-refractivity contribution in [1.82, 2.24) is 14.1 Å². The first-order valence-electron chi connectivity index (χ1n) is 9.37. The minimum atomic E-state index is -3.45. The molecule has 0 bridgehead atoms. The number of rotatable bonds is 6. The summed E-state index contributed by atoms with van der Waals surface area (Å²) in [7, 11) is -3.45. The van der Waals surface area contributed by atoms with Gasteiger partial charge in [0.1, 0.15) is 10.9 Å². The number of likely N-dealkylation sites (tertiary alicyclic amines) is 1. The number of hydrogen-bond acceptors (Lipinski definition) is 6. The molecule has 0 N–H and O–H groups in total. The Morgan fingerprint density at radius 1 is 1.07 bits per heavy atom. The molecule has 156 valence electrons. The summed E-state index contributed by atoms with van der Waals surface area (Å²) in [6, 6.07) is 0. The molecule has 0 aromatic rings. The van der Waals surface area contributed by atoms with Gasteiger partial charge in [-0.3, -0.25) is 4.79 Å². The first-order valence-corrected chi connectivity index (χ1v) is 12.0. The van der Waals surface area contributed by atoms with Crippen molar-refractivity contribution in [2.24, 2.45) is 0 Å². The summed E-state index contributed by atoms with van der Waals surface area (Å²) in [6.07, 6.45) is 0.0461. The summed E-state index contributed by atoms with van der Waals surface area (Å²) in [6.45, 7) is 9.15. The predicted molar refractivity (Wildman–Crippen MR) is 106 cm³/mol. The number of ether oxygens (including phenoxy) is 1. The molecule has 8 nitrogen and oxygen atoms in total. The van der Waals surface area contributed by atoms with Crippen LogP contribution in [0.4, 0.5) is 4.79 Å². The quantitative estimate of drug-likeness (QED) is 0.600. The van der Waals surface area contributed by atoms with Crippen molar-refractivity contribution < 1.29 is 22.7 Å². The standard InChI is InChI=1S/C17H31N3O5S2/c1-5-26-11-6-15(21)19-12-14(13-19)27(23,24)20-9-7-18(8-10-20)16(22)25-17(2,3)4/h14H,5-13H2,1-4H3. The molecule has 2 heterocycles. The molecule has 0 aliphatic carbocycles. The summed E-state index contributed by atoms with van der Waals surface area (Å²) >= 11 is 1.71. The van der Waals surface area contributed by atoms with Gasteiger partial charge in [0.15, 0.2) is 0 Å². The van der Waals surface area contributed by atoms with E-state index in [1.807, 2.05) is 6.92 Å². The zero-order valence-electron chi connectivity index (χ0n) is 16.6. The summed E-state index contributed by atoms with van der Waals surface area (Å²) in [5.41, 5.74) is -0.572. The Labute approximate surface area is 166 Å². The number of nitrogens with zero attached hydrogens (tertiary/aromatic N) is 3. The van der Waals surface area contributed by atoms with Gasteiger partial charge in [-0.2, -0.15) is 16.1 Å². The van der Waals surface area contributed by atoms with E-state index < -0.39 is 27.0 Å². The van der Waals surface area contributed by atoms with Gasteiger partial charge in [-0.05, 0) is 26.5 Å². The zero-order chi connectivity index (χ0) is 20.2. The maximum absolute atomic E-state index is 12.8. The number of piperazine rings is 1. The Morgan fingerprint density at radius 2 is 1.67 bits per heavy atom. The lowest BCUT2D eigenvalue weighted by Crippen LogP contribution is -2.62. The van der Waals surface area contributed by atoms with E-state index in [1.165, 1.54) is 4.31 Å². The van der Waals surface area contributed by atoms with Crippen LogP contribution in [0.2, 0.25) is 0 Å². The third-order valence-corrected chi connectivity index (χ3v) is 7.66. The van der Waals surface area contributed by atoms with Gasteiger partial charge in [-0.15, -0.1) is 0 Å². The molecule has 2 amide bonds. The molecule has 2 rings (SSSR count). The number of carbonyl (C=O) groups is 2. The Bertz CT molecular complexity index is 633.